The number of hydrogen-bond acceptors (Lipinski definition) is 4. The highest BCUT2D eigenvalue weighted by Gasteiger charge is 2.26. The van der Waals surface area contributed by atoms with Crippen molar-refractivity contribution in [2.24, 2.45) is 0 Å². The van der Waals surface area contributed by atoms with Gasteiger partial charge in [-0.2, -0.15) is 5.10 Å². The lowest BCUT2D eigenvalue weighted by Gasteiger charge is -2.22. The number of nitrogens with zero attached hydrogens (tertiary/aromatic N) is 4. The minimum Gasteiger partial charge on any atom is -0.390 e. The Morgan fingerprint density at radius 3 is 3.00 bits per heavy atom. The lowest BCUT2D eigenvalue weighted by atomic mass is 9.98. The van der Waals surface area contributed by atoms with Gasteiger partial charge in [0.1, 0.15) is 19.2 Å². The summed E-state index contributed by atoms with van der Waals surface area (Å²) in [6.07, 6.45) is 5.18. The van der Waals surface area contributed by atoms with Gasteiger partial charge in [-0.05, 0) is 26.2 Å². The second kappa shape index (κ2) is 4.83. The molecule has 17 heavy (non-hydrogen) atoms. The van der Waals surface area contributed by atoms with E-state index >= 15 is 0 Å². The van der Waals surface area contributed by atoms with Crippen LogP contribution in [-0.4, -0.2) is 49.4 Å². The predicted molar refractivity (Wildman–Crippen MR) is 61.1 cm³/mol. The van der Waals surface area contributed by atoms with Crippen LogP contribution in [0, 0.1) is 0 Å². The van der Waals surface area contributed by atoms with Crippen LogP contribution in [0.25, 0.3) is 0 Å². The van der Waals surface area contributed by atoms with Gasteiger partial charge in [0.05, 0.1) is 5.60 Å². The van der Waals surface area contributed by atoms with Crippen molar-refractivity contribution in [1.29, 1.82) is 0 Å². The van der Waals surface area contributed by atoms with E-state index < -0.39 is 5.60 Å². The number of hydrogen-bond donors (Lipinski definition) is 1. The molecule has 1 atom stereocenters. The third-order valence-corrected chi connectivity index (χ3v) is 3.18. The van der Waals surface area contributed by atoms with Gasteiger partial charge in [-0.1, -0.05) is 0 Å². The summed E-state index contributed by atoms with van der Waals surface area (Å²) < 4.78 is 1.52. The fourth-order valence-corrected chi connectivity index (χ4v) is 2.07. The average Bonchev–Trinajstić information content (AvgIpc) is 2.68. The summed E-state index contributed by atoms with van der Waals surface area (Å²) in [4.78, 5) is 17.6. The largest absolute Gasteiger partial charge is 0.390 e. The zero-order valence-electron chi connectivity index (χ0n) is 10.0. The molecule has 1 fully saturated rings. The van der Waals surface area contributed by atoms with Gasteiger partial charge in [0.2, 0.25) is 5.91 Å². The molecule has 0 aliphatic carbocycles. The molecule has 6 heteroatoms. The summed E-state index contributed by atoms with van der Waals surface area (Å²) in [5, 5.41) is 13.9. The summed E-state index contributed by atoms with van der Waals surface area (Å²) in [5.74, 6) is 0.0354. The molecule has 0 radical (unpaired) electrons. The van der Waals surface area contributed by atoms with Crippen molar-refractivity contribution in [3.8, 4) is 0 Å². The van der Waals surface area contributed by atoms with E-state index in [1.54, 1.807) is 4.90 Å². The third-order valence-electron chi connectivity index (χ3n) is 3.18. The van der Waals surface area contributed by atoms with Crippen LogP contribution >= 0.6 is 0 Å². The molecule has 6 nitrogen and oxygen atoms in total. The van der Waals surface area contributed by atoms with Gasteiger partial charge in [0, 0.05) is 13.1 Å². The highest BCUT2D eigenvalue weighted by atomic mass is 16.3. The van der Waals surface area contributed by atoms with Crippen molar-refractivity contribution in [2.45, 2.75) is 38.3 Å². The van der Waals surface area contributed by atoms with Crippen LogP contribution in [0.15, 0.2) is 12.7 Å². The number of aromatic nitrogens is 3. The van der Waals surface area contributed by atoms with Crippen LogP contribution in [0.4, 0.5) is 0 Å². The standard InChI is InChI=1S/C11H18N4O2/c1-11(17)3-2-5-14(6-4-11)10(16)7-15-9-12-8-13-15/h8-9,17H,2-7H2,1H3. The summed E-state index contributed by atoms with van der Waals surface area (Å²) in [6.45, 7) is 3.38. The van der Waals surface area contributed by atoms with E-state index in [0.717, 1.165) is 12.8 Å². The number of carbonyl (C=O) groups is 1. The second-order valence-electron chi connectivity index (χ2n) is 4.82. The number of carbonyl (C=O) groups excluding carboxylic acids is 1. The van der Waals surface area contributed by atoms with Gasteiger partial charge in [-0.3, -0.25) is 4.79 Å². The molecular weight excluding hydrogens is 220 g/mol. The molecule has 1 N–H and O–H groups in total. The first-order valence-corrected chi connectivity index (χ1v) is 5.89. The summed E-state index contributed by atoms with van der Waals surface area (Å²) in [7, 11) is 0. The Bertz CT molecular complexity index is 375. The molecule has 1 aromatic heterocycles. The lowest BCUT2D eigenvalue weighted by Crippen LogP contribution is -2.35. The first-order valence-electron chi connectivity index (χ1n) is 5.89. The Hall–Kier alpha value is -1.43. The maximum absolute atomic E-state index is 12.0. The van der Waals surface area contributed by atoms with Crippen LogP contribution in [0.5, 0.6) is 0 Å². The molecule has 0 saturated carbocycles. The second-order valence-corrected chi connectivity index (χ2v) is 4.82. The van der Waals surface area contributed by atoms with Crippen LogP contribution in [0.1, 0.15) is 26.2 Å². The fourth-order valence-electron chi connectivity index (χ4n) is 2.07. The fraction of sp³-hybridized carbons (Fsp3) is 0.727. The SMILES string of the molecule is CC1(O)CCCN(C(=O)Cn2cncn2)CC1. The van der Waals surface area contributed by atoms with Crippen molar-refractivity contribution in [3.63, 3.8) is 0 Å². The van der Waals surface area contributed by atoms with E-state index in [-0.39, 0.29) is 12.5 Å². The molecule has 1 aliphatic heterocycles. The Morgan fingerprint density at radius 2 is 2.29 bits per heavy atom. The molecule has 0 aromatic carbocycles. The molecule has 2 rings (SSSR count). The monoisotopic (exact) mass is 238 g/mol. The smallest absolute Gasteiger partial charge is 0.244 e. The molecular formula is C11H18N4O2. The van der Waals surface area contributed by atoms with E-state index in [4.69, 9.17) is 0 Å². The maximum Gasteiger partial charge on any atom is 0.244 e. The topological polar surface area (TPSA) is 71.2 Å². The Kier molecular flexibility index (Phi) is 3.42. The number of aliphatic hydroxyl groups is 1. The maximum atomic E-state index is 12.0. The number of amides is 1. The minimum absolute atomic E-state index is 0.0354. The minimum atomic E-state index is -0.637. The highest BCUT2D eigenvalue weighted by molar-refractivity contribution is 5.75. The summed E-state index contributed by atoms with van der Waals surface area (Å²) in [5.41, 5.74) is -0.637. The third kappa shape index (κ3) is 3.26. The van der Waals surface area contributed by atoms with Crippen LogP contribution < -0.4 is 0 Å². The van der Waals surface area contributed by atoms with Crippen molar-refractivity contribution in [2.75, 3.05) is 13.1 Å². The summed E-state index contributed by atoms with van der Waals surface area (Å²) in [6, 6.07) is 0. The van der Waals surface area contributed by atoms with Crippen molar-refractivity contribution < 1.29 is 9.90 Å². The Balaban J connectivity index is 1.91. The molecule has 0 spiro atoms. The first-order chi connectivity index (χ1) is 8.07. The van der Waals surface area contributed by atoms with Gasteiger partial charge < -0.3 is 10.0 Å². The Labute approximate surface area is 100 Å². The zero-order valence-corrected chi connectivity index (χ0v) is 10.0. The zero-order chi connectivity index (χ0) is 12.3. The van der Waals surface area contributed by atoms with E-state index in [1.165, 1.54) is 17.3 Å². The van der Waals surface area contributed by atoms with Gasteiger partial charge in [-0.15, -0.1) is 0 Å². The summed E-state index contributed by atoms with van der Waals surface area (Å²) >= 11 is 0. The molecule has 1 aliphatic rings. The van der Waals surface area contributed by atoms with Gasteiger partial charge >= 0.3 is 0 Å². The molecule has 94 valence electrons. The van der Waals surface area contributed by atoms with E-state index in [1.807, 2.05) is 6.92 Å². The molecule has 0 bridgehead atoms. The molecule has 1 aromatic rings. The van der Waals surface area contributed by atoms with Crippen LogP contribution in [0.2, 0.25) is 0 Å². The van der Waals surface area contributed by atoms with E-state index in [0.29, 0.717) is 19.5 Å². The molecule has 1 unspecified atom stereocenters. The molecule has 2 heterocycles. The number of likely N-dealkylation sites (tertiary alicyclic amines) is 1. The number of rotatable bonds is 2. The average molecular weight is 238 g/mol. The Morgan fingerprint density at radius 1 is 1.47 bits per heavy atom. The van der Waals surface area contributed by atoms with Gasteiger partial charge in [-0.25, -0.2) is 9.67 Å². The van der Waals surface area contributed by atoms with Crippen LogP contribution in [-0.2, 0) is 11.3 Å². The first kappa shape index (κ1) is 12.0. The predicted octanol–water partition coefficient (Wildman–Crippen LogP) is 0.0416. The normalized spacial score (nSPS) is 25.6. The van der Waals surface area contributed by atoms with E-state index in [9.17, 15) is 9.90 Å². The quantitative estimate of drug-likeness (QED) is 0.789. The van der Waals surface area contributed by atoms with Gasteiger partial charge in [0.15, 0.2) is 0 Å². The van der Waals surface area contributed by atoms with E-state index in [2.05, 4.69) is 10.1 Å². The molecule has 1 saturated heterocycles. The van der Waals surface area contributed by atoms with Crippen LogP contribution in [0.3, 0.4) is 0 Å². The molecule has 1 amide bonds. The van der Waals surface area contributed by atoms with Crippen molar-refractivity contribution in [1.82, 2.24) is 19.7 Å². The van der Waals surface area contributed by atoms with Gasteiger partial charge in [0.25, 0.3) is 0 Å². The lowest BCUT2D eigenvalue weighted by molar-refractivity contribution is -0.132. The van der Waals surface area contributed by atoms with Crippen molar-refractivity contribution in [3.05, 3.63) is 12.7 Å². The highest BCUT2D eigenvalue weighted by Crippen LogP contribution is 2.21. The van der Waals surface area contributed by atoms with Crippen molar-refractivity contribution >= 4 is 5.91 Å².